The molecule has 1 unspecified atom stereocenters. The van der Waals surface area contributed by atoms with Gasteiger partial charge in [0.25, 0.3) is 0 Å². The van der Waals surface area contributed by atoms with E-state index >= 15 is 0 Å². The van der Waals surface area contributed by atoms with Crippen molar-refractivity contribution >= 4 is 12.4 Å². The zero-order valence-corrected chi connectivity index (χ0v) is 10.5. The third-order valence-corrected chi connectivity index (χ3v) is 2.74. The number of likely N-dealkylation sites (tertiary alicyclic amines) is 1. The van der Waals surface area contributed by atoms with Crippen LogP contribution in [0.3, 0.4) is 0 Å². The van der Waals surface area contributed by atoms with E-state index in [4.69, 9.17) is 4.74 Å². The predicted molar refractivity (Wildman–Crippen MR) is 61.2 cm³/mol. The molecule has 1 heterocycles. The molecule has 0 aromatic heterocycles. The van der Waals surface area contributed by atoms with E-state index in [1.165, 1.54) is 0 Å². The average Bonchev–Trinajstić information content (AvgIpc) is 2.14. The molecule has 1 rings (SSSR count). The van der Waals surface area contributed by atoms with Crippen LogP contribution in [0.25, 0.3) is 0 Å². The van der Waals surface area contributed by atoms with Gasteiger partial charge in [0.1, 0.15) is 11.9 Å². The second-order valence-corrected chi connectivity index (χ2v) is 5.44. The van der Waals surface area contributed by atoms with Gasteiger partial charge in [0, 0.05) is 18.5 Å². The summed E-state index contributed by atoms with van der Waals surface area (Å²) < 4.78 is 5.32. The van der Waals surface area contributed by atoms with Gasteiger partial charge in [-0.3, -0.25) is 0 Å². The molecule has 0 aromatic carbocycles. The van der Waals surface area contributed by atoms with Crippen LogP contribution in [0.2, 0.25) is 0 Å². The molecule has 1 amide bonds. The highest BCUT2D eigenvalue weighted by atomic mass is 16.6. The van der Waals surface area contributed by atoms with Crippen LogP contribution in [-0.4, -0.2) is 35.5 Å². The molecule has 0 radical (unpaired) electrons. The summed E-state index contributed by atoms with van der Waals surface area (Å²) in [5.41, 5.74) is -0.460. The summed E-state index contributed by atoms with van der Waals surface area (Å²) >= 11 is 0. The van der Waals surface area contributed by atoms with Crippen molar-refractivity contribution in [1.29, 1.82) is 0 Å². The molecule has 0 aromatic rings. The molecule has 0 bridgehead atoms. The van der Waals surface area contributed by atoms with Gasteiger partial charge in [-0.2, -0.15) is 0 Å². The Morgan fingerprint density at radius 2 is 2.06 bits per heavy atom. The van der Waals surface area contributed by atoms with Crippen LogP contribution >= 0.6 is 0 Å². The van der Waals surface area contributed by atoms with Crippen molar-refractivity contribution in [3.8, 4) is 0 Å². The van der Waals surface area contributed by atoms with E-state index in [1.54, 1.807) is 4.90 Å². The molecule has 0 saturated carbocycles. The van der Waals surface area contributed by atoms with E-state index in [-0.39, 0.29) is 18.1 Å². The number of ether oxygens (including phenoxy) is 1. The Labute approximate surface area is 96.9 Å². The number of piperidine rings is 1. The van der Waals surface area contributed by atoms with E-state index in [0.29, 0.717) is 6.54 Å². The van der Waals surface area contributed by atoms with Crippen molar-refractivity contribution in [2.45, 2.75) is 52.2 Å². The minimum atomic E-state index is -0.460. The smallest absolute Gasteiger partial charge is 0.410 e. The van der Waals surface area contributed by atoms with Gasteiger partial charge >= 0.3 is 6.09 Å². The summed E-state index contributed by atoms with van der Waals surface area (Å²) in [4.78, 5) is 24.2. The fourth-order valence-corrected chi connectivity index (χ4v) is 1.92. The molecule has 1 aliphatic rings. The highest BCUT2D eigenvalue weighted by molar-refractivity contribution is 5.69. The molecule has 92 valence electrons. The molecule has 0 N–H and O–H groups in total. The highest BCUT2D eigenvalue weighted by Crippen LogP contribution is 2.23. The molecule has 2 atom stereocenters. The van der Waals surface area contributed by atoms with Gasteiger partial charge in [0.05, 0.1) is 0 Å². The lowest BCUT2D eigenvalue weighted by atomic mass is 9.93. The summed E-state index contributed by atoms with van der Waals surface area (Å²) in [6.45, 7) is 8.13. The van der Waals surface area contributed by atoms with Crippen molar-refractivity contribution in [3.63, 3.8) is 0 Å². The second-order valence-electron chi connectivity index (χ2n) is 5.44. The lowest BCUT2D eigenvalue weighted by Gasteiger charge is -2.36. The molecule has 1 saturated heterocycles. The Hall–Kier alpha value is -1.06. The fraction of sp³-hybridized carbons (Fsp3) is 0.833. The molecular formula is C12H21NO3. The maximum Gasteiger partial charge on any atom is 0.410 e. The van der Waals surface area contributed by atoms with E-state index in [1.807, 2.05) is 27.7 Å². The number of carbonyl (C=O) groups excluding carboxylic acids is 2. The van der Waals surface area contributed by atoms with Crippen LogP contribution in [-0.2, 0) is 9.53 Å². The predicted octanol–water partition coefficient (Wildman–Crippen LogP) is 2.22. The Bertz CT molecular complexity index is 270. The van der Waals surface area contributed by atoms with Crippen molar-refractivity contribution in [2.24, 2.45) is 5.92 Å². The van der Waals surface area contributed by atoms with Gasteiger partial charge in [-0.25, -0.2) is 4.79 Å². The lowest BCUT2D eigenvalue weighted by molar-refractivity contribution is -0.113. The maximum atomic E-state index is 11.8. The van der Waals surface area contributed by atoms with Gasteiger partial charge in [-0.1, -0.05) is 0 Å². The number of carbonyl (C=O) groups is 2. The summed E-state index contributed by atoms with van der Waals surface area (Å²) in [5, 5.41) is 0. The van der Waals surface area contributed by atoms with Crippen molar-refractivity contribution in [2.75, 3.05) is 6.54 Å². The first-order valence-corrected chi connectivity index (χ1v) is 5.78. The molecule has 4 heteroatoms. The molecule has 1 fully saturated rings. The largest absolute Gasteiger partial charge is 0.444 e. The molecule has 4 nitrogen and oxygen atoms in total. The molecular weight excluding hydrogens is 206 g/mol. The lowest BCUT2D eigenvalue weighted by Crippen LogP contribution is -2.47. The van der Waals surface area contributed by atoms with Crippen molar-refractivity contribution < 1.29 is 14.3 Å². The van der Waals surface area contributed by atoms with Crippen molar-refractivity contribution in [3.05, 3.63) is 0 Å². The molecule has 1 aliphatic heterocycles. The number of hydrogen-bond acceptors (Lipinski definition) is 3. The zero-order valence-electron chi connectivity index (χ0n) is 10.5. The van der Waals surface area contributed by atoms with E-state index in [9.17, 15) is 9.59 Å². The number of aldehydes is 1. The van der Waals surface area contributed by atoms with Crippen LogP contribution in [0.4, 0.5) is 4.79 Å². The first-order chi connectivity index (χ1) is 7.33. The standard InChI is InChI=1S/C12H21NO3/c1-9-7-10(8-14)5-6-13(9)11(15)16-12(2,3)4/h8-10H,5-7H2,1-4H3/t9-,10?/m0/s1. The van der Waals surface area contributed by atoms with Crippen molar-refractivity contribution in [1.82, 2.24) is 4.90 Å². The van der Waals surface area contributed by atoms with Gasteiger partial charge in [-0.05, 0) is 40.5 Å². The van der Waals surface area contributed by atoms with E-state index in [2.05, 4.69) is 0 Å². The average molecular weight is 227 g/mol. The number of amides is 1. The van der Waals surface area contributed by atoms with Gasteiger partial charge < -0.3 is 14.4 Å². The van der Waals surface area contributed by atoms with Crippen LogP contribution in [0.15, 0.2) is 0 Å². The minimum Gasteiger partial charge on any atom is -0.444 e. The zero-order chi connectivity index (χ0) is 12.3. The Morgan fingerprint density at radius 3 is 2.50 bits per heavy atom. The highest BCUT2D eigenvalue weighted by Gasteiger charge is 2.31. The Kier molecular flexibility index (Phi) is 3.94. The quantitative estimate of drug-likeness (QED) is 0.645. The molecule has 0 aliphatic carbocycles. The first kappa shape index (κ1) is 13.0. The van der Waals surface area contributed by atoms with Crippen LogP contribution in [0.5, 0.6) is 0 Å². The number of hydrogen-bond donors (Lipinski definition) is 0. The van der Waals surface area contributed by atoms with Gasteiger partial charge in [0.2, 0.25) is 0 Å². The van der Waals surface area contributed by atoms with Crippen LogP contribution in [0.1, 0.15) is 40.5 Å². The Morgan fingerprint density at radius 1 is 1.44 bits per heavy atom. The fourth-order valence-electron chi connectivity index (χ4n) is 1.92. The summed E-state index contributed by atoms with van der Waals surface area (Å²) in [6, 6.07) is 0.0822. The first-order valence-electron chi connectivity index (χ1n) is 5.78. The van der Waals surface area contributed by atoms with Crippen LogP contribution in [0, 0.1) is 5.92 Å². The normalized spacial score (nSPS) is 26.4. The minimum absolute atomic E-state index is 0.0822. The van der Waals surface area contributed by atoms with E-state index in [0.717, 1.165) is 19.1 Å². The third kappa shape index (κ3) is 3.51. The van der Waals surface area contributed by atoms with Gasteiger partial charge in [-0.15, -0.1) is 0 Å². The third-order valence-electron chi connectivity index (χ3n) is 2.74. The SMILES string of the molecule is C[C@H]1CC(C=O)CCN1C(=O)OC(C)(C)C. The molecule has 16 heavy (non-hydrogen) atoms. The monoisotopic (exact) mass is 227 g/mol. The number of nitrogens with zero attached hydrogens (tertiary/aromatic N) is 1. The topological polar surface area (TPSA) is 46.6 Å². The molecule has 0 spiro atoms. The number of rotatable bonds is 1. The summed E-state index contributed by atoms with van der Waals surface area (Å²) in [5.74, 6) is 0.0914. The summed E-state index contributed by atoms with van der Waals surface area (Å²) in [6.07, 6.45) is 2.20. The maximum absolute atomic E-state index is 11.8. The Balaban J connectivity index is 2.55. The summed E-state index contributed by atoms with van der Waals surface area (Å²) in [7, 11) is 0. The van der Waals surface area contributed by atoms with E-state index < -0.39 is 5.60 Å². The second kappa shape index (κ2) is 4.85. The van der Waals surface area contributed by atoms with Crippen LogP contribution < -0.4 is 0 Å². The van der Waals surface area contributed by atoms with Gasteiger partial charge in [0.15, 0.2) is 0 Å².